The van der Waals surface area contributed by atoms with Gasteiger partial charge in [0, 0.05) is 17.7 Å². The maximum Gasteiger partial charge on any atom is 0.255 e. The van der Waals surface area contributed by atoms with Crippen LogP contribution in [0, 0.1) is 0 Å². The molecular weight excluding hydrogens is 352 g/mol. The molecule has 0 aliphatic heterocycles. The number of carbonyl (C=O) groups excluding carboxylic acids is 1. The van der Waals surface area contributed by atoms with E-state index in [-0.39, 0.29) is 11.7 Å². The van der Waals surface area contributed by atoms with Crippen LogP contribution in [0.1, 0.15) is 15.9 Å². The molecule has 0 aromatic heterocycles. The van der Waals surface area contributed by atoms with Crippen molar-refractivity contribution < 1.29 is 9.90 Å². The topological polar surface area (TPSA) is 75.3 Å². The number of nitrogens with two attached hydrogens (primary N) is 1. The zero-order chi connectivity index (χ0) is 15.4. The Labute approximate surface area is 136 Å². The number of nitrogens with one attached hydrogen (secondary N) is 1. The van der Waals surface area contributed by atoms with Crippen LogP contribution in [-0.2, 0) is 6.42 Å². The summed E-state index contributed by atoms with van der Waals surface area (Å²) in [6.45, 7) is 0. The second-order valence-electron chi connectivity index (χ2n) is 4.46. The van der Waals surface area contributed by atoms with E-state index >= 15 is 0 Å². The fourth-order valence-electron chi connectivity index (χ4n) is 1.76. The first-order valence-corrected chi connectivity index (χ1v) is 7.33. The normalized spacial score (nSPS) is 10.1. The molecule has 0 aliphatic carbocycles. The van der Waals surface area contributed by atoms with Crippen LogP contribution in [0.4, 0.5) is 5.69 Å². The van der Waals surface area contributed by atoms with Gasteiger partial charge in [0.2, 0.25) is 0 Å². The van der Waals surface area contributed by atoms with E-state index < -0.39 is 0 Å². The molecule has 1 amide bonds. The number of thiocarbonyl (C=S) groups is 1. The summed E-state index contributed by atoms with van der Waals surface area (Å²) in [5, 5.41) is 12.3. The Morgan fingerprint density at radius 1 is 1.24 bits per heavy atom. The highest BCUT2D eigenvalue weighted by Gasteiger charge is 2.08. The van der Waals surface area contributed by atoms with Gasteiger partial charge >= 0.3 is 0 Å². The lowest BCUT2D eigenvalue weighted by Gasteiger charge is -2.07. The van der Waals surface area contributed by atoms with Crippen molar-refractivity contribution in [1.29, 1.82) is 0 Å². The lowest BCUT2D eigenvalue weighted by Crippen LogP contribution is -2.12. The number of phenols is 1. The molecule has 0 fully saturated rings. The van der Waals surface area contributed by atoms with Gasteiger partial charge in [0.1, 0.15) is 5.75 Å². The third kappa shape index (κ3) is 4.27. The van der Waals surface area contributed by atoms with Gasteiger partial charge in [0.25, 0.3) is 5.91 Å². The fourth-order valence-corrected chi connectivity index (χ4v) is 2.18. The summed E-state index contributed by atoms with van der Waals surface area (Å²) in [7, 11) is 0. The van der Waals surface area contributed by atoms with Gasteiger partial charge in [-0.25, -0.2) is 0 Å². The van der Waals surface area contributed by atoms with E-state index in [1.165, 1.54) is 6.07 Å². The highest BCUT2D eigenvalue weighted by atomic mass is 79.9. The van der Waals surface area contributed by atoms with Crippen molar-refractivity contribution in [1.82, 2.24) is 0 Å². The van der Waals surface area contributed by atoms with Gasteiger partial charge in [-0.05, 0) is 51.8 Å². The van der Waals surface area contributed by atoms with E-state index in [1.807, 2.05) is 12.1 Å². The van der Waals surface area contributed by atoms with E-state index in [9.17, 15) is 9.90 Å². The second-order valence-corrected chi connectivity index (χ2v) is 5.84. The Bertz CT molecular complexity index is 687. The van der Waals surface area contributed by atoms with Crippen LogP contribution < -0.4 is 11.1 Å². The van der Waals surface area contributed by atoms with Crippen molar-refractivity contribution in [2.45, 2.75) is 6.42 Å². The molecule has 4 N–H and O–H groups in total. The van der Waals surface area contributed by atoms with Gasteiger partial charge in [0.15, 0.2) is 0 Å². The molecule has 2 aromatic carbocycles. The molecular formula is C15H13BrN2O2S. The van der Waals surface area contributed by atoms with Gasteiger partial charge in [-0.2, -0.15) is 0 Å². The van der Waals surface area contributed by atoms with E-state index in [0.29, 0.717) is 27.1 Å². The first-order valence-electron chi connectivity index (χ1n) is 6.13. The van der Waals surface area contributed by atoms with Gasteiger partial charge < -0.3 is 16.2 Å². The highest BCUT2D eigenvalue weighted by molar-refractivity contribution is 9.10. The van der Waals surface area contributed by atoms with Crippen molar-refractivity contribution in [3.8, 4) is 5.75 Å². The Morgan fingerprint density at radius 3 is 2.48 bits per heavy atom. The molecule has 6 heteroatoms. The highest BCUT2D eigenvalue weighted by Crippen LogP contribution is 2.24. The molecule has 2 rings (SSSR count). The van der Waals surface area contributed by atoms with Crippen LogP contribution in [0.15, 0.2) is 46.9 Å². The van der Waals surface area contributed by atoms with E-state index in [0.717, 1.165) is 5.56 Å². The van der Waals surface area contributed by atoms with Gasteiger partial charge in [-0.1, -0.05) is 24.4 Å². The number of halogens is 1. The third-order valence-corrected chi connectivity index (χ3v) is 3.61. The van der Waals surface area contributed by atoms with Crippen LogP contribution in [0.2, 0.25) is 0 Å². The number of hydrogen-bond donors (Lipinski definition) is 3. The quantitative estimate of drug-likeness (QED) is 0.728. The van der Waals surface area contributed by atoms with Crippen LogP contribution in [0.3, 0.4) is 0 Å². The minimum Gasteiger partial charge on any atom is -0.507 e. The molecule has 0 atom stereocenters. The molecule has 21 heavy (non-hydrogen) atoms. The molecule has 0 bridgehead atoms. The summed E-state index contributed by atoms with van der Waals surface area (Å²) in [5.41, 5.74) is 7.51. The number of anilines is 1. The van der Waals surface area contributed by atoms with Crippen molar-refractivity contribution in [2.75, 3.05) is 5.32 Å². The minimum atomic E-state index is -0.292. The van der Waals surface area contributed by atoms with E-state index in [4.69, 9.17) is 18.0 Å². The zero-order valence-corrected chi connectivity index (χ0v) is 13.4. The van der Waals surface area contributed by atoms with Gasteiger partial charge in [-0.3, -0.25) is 4.79 Å². The van der Waals surface area contributed by atoms with Crippen LogP contribution >= 0.6 is 28.1 Å². The Morgan fingerprint density at radius 2 is 1.90 bits per heavy atom. The largest absolute Gasteiger partial charge is 0.507 e. The molecule has 2 aromatic rings. The maximum atomic E-state index is 12.1. The van der Waals surface area contributed by atoms with Gasteiger partial charge in [-0.15, -0.1) is 0 Å². The number of benzene rings is 2. The van der Waals surface area contributed by atoms with E-state index in [1.54, 1.807) is 24.3 Å². The summed E-state index contributed by atoms with van der Waals surface area (Å²) in [5.74, 6) is -0.269. The summed E-state index contributed by atoms with van der Waals surface area (Å²) in [6, 6.07) is 11.9. The predicted molar refractivity (Wildman–Crippen MR) is 90.7 cm³/mol. The molecule has 0 saturated carbocycles. The molecule has 0 spiro atoms. The zero-order valence-electron chi connectivity index (χ0n) is 11.0. The first-order chi connectivity index (χ1) is 9.95. The number of phenolic OH excluding ortho intramolecular Hbond substituents is 1. The van der Waals surface area contributed by atoms with E-state index in [2.05, 4.69) is 21.2 Å². The SMILES string of the molecule is NC(=S)Cc1ccc(NC(=O)c2ccc(Br)c(O)c2)cc1. The van der Waals surface area contributed by atoms with Crippen LogP contribution in [0.5, 0.6) is 5.75 Å². The van der Waals surface area contributed by atoms with Crippen molar-refractivity contribution in [2.24, 2.45) is 5.73 Å². The summed E-state index contributed by atoms with van der Waals surface area (Å²) in [4.78, 5) is 12.5. The number of aromatic hydroxyl groups is 1. The monoisotopic (exact) mass is 364 g/mol. The molecule has 0 saturated heterocycles. The Kier molecular flexibility index (Phi) is 4.93. The second kappa shape index (κ2) is 6.69. The minimum absolute atomic E-state index is 0.0226. The molecule has 0 radical (unpaired) electrons. The predicted octanol–water partition coefficient (Wildman–Crippen LogP) is 3.24. The molecule has 4 nitrogen and oxygen atoms in total. The fraction of sp³-hybridized carbons (Fsp3) is 0.0667. The summed E-state index contributed by atoms with van der Waals surface area (Å²) < 4.78 is 0.543. The first kappa shape index (κ1) is 15.5. The maximum absolute atomic E-state index is 12.1. The smallest absolute Gasteiger partial charge is 0.255 e. The van der Waals surface area contributed by atoms with Crippen LogP contribution in [0.25, 0.3) is 0 Å². The number of rotatable bonds is 4. The number of carbonyl (C=O) groups is 1. The Hall–Kier alpha value is -1.92. The van der Waals surface area contributed by atoms with Crippen molar-refractivity contribution in [3.63, 3.8) is 0 Å². The van der Waals surface area contributed by atoms with Gasteiger partial charge in [0.05, 0.1) is 9.46 Å². The average molecular weight is 365 g/mol. The summed E-state index contributed by atoms with van der Waals surface area (Å²) in [6.07, 6.45) is 0.532. The van der Waals surface area contributed by atoms with Crippen molar-refractivity contribution in [3.05, 3.63) is 58.1 Å². The molecule has 0 unspecified atom stereocenters. The Balaban J connectivity index is 2.08. The molecule has 0 aliphatic rings. The number of hydrogen-bond acceptors (Lipinski definition) is 3. The standard InChI is InChI=1S/C15H13BrN2O2S/c16-12-6-3-10(8-13(12)19)15(20)18-11-4-1-9(2-5-11)7-14(17)21/h1-6,8,19H,7H2,(H2,17,21)(H,18,20). The average Bonchev–Trinajstić information content (AvgIpc) is 2.43. The van der Waals surface area contributed by atoms with Crippen LogP contribution in [-0.4, -0.2) is 16.0 Å². The van der Waals surface area contributed by atoms with Crippen molar-refractivity contribution >= 4 is 44.7 Å². The number of amides is 1. The molecule has 108 valence electrons. The lowest BCUT2D eigenvalue weighted by molar-refractivity contribution is 0.102. The molecule has 0 heterocycles. The summed E-state index contributed by atoms with van der Waals surface area (Å²) >= 11 is 8.02. The third-order valence-electron chi connectivity index (χ3n) is 2.80. The lowest BCUT2D eigenvalue weighted by atomic mass is 10.1.